The number of hydrogen-bond donors (Lipinski definition) is 0. The molecule has 0 aromatic rings. The molecule has 0 aliphatic rings. The van der Waals surface area contributed by atoms with E-state index in [0.717, 1.165) is 11.8 Å². The molecule has 0 radical (unpaired) electrons. The lowest BCUT2D eigenvalue weighted by Crippen LogP contribution is -2.04. The summed E-state index contributed by atoms with van der Waals surface area (Å²) in [6.45, 7) is 14.9. The summed E-state index contributed by atoms with van der Waals surface area (Å²) in [7, 11) is 0. The van der Waals surface area contributed by atoms with E-state index < -0.39 is 0 Å². The van der Waals surface area contributed by atoms with Crippen LogP contribution in [-0.2, 0) is 0 Å². The zero-order valence-corrected chi connectivity index (χ0v) is 10.7. The van der Waals surface area contributed by atoms with Crippen LogP contribution in [0.25, 0.3) is 10.4 Å². The molecule has 0 aromatic heterocycles. The standard InChI is InChI=1S/C6H14.C5H11N3.CH4/c1-5(2)6(3)4;1-4(2)5(3)7-8-6;/h5-6H,1-4H3;4-5H,1-3H3;1H4/t;5-;/m.0./s1. The van der Waals surface area contributed by atoms with E-state index in [1.807, 2.05) is 20.8 Å². The van der Waals surface area contributed by atoms with Gasteiger partial charge in [0.25, 0.3) is 0 Å². The minimum absolute atomic E-state index is 0. The fraction of sp³-hybridized carbons (Fsp3) is 1.00. The van der Waals surface area contributed by atoms with Gasteiger partial charge in [-0.25, -0.2) is 0 Å². The minimum Gasteiger partial charge on any atom is -0.0906 e. The monoisotopic (exact) mass is 215 g/mol. The van der Waals surface area contributed by atoms with Crippen LogP contribution in [0.3, 0.4) is 0 Å². The van der Waals surface area contributed by atoms with Gasteiger partial charge in [-0.2, -0.15) is 0 Å². The fourth-order valence-corrected chi connectivity index (χ4v) is 0.215. The number of rotatable bonds is 3. The van der Waals surface area contributed by atoms with Gasteiger partial charge >= 0.3 is 0 Å². The Kier molecular flexibility index (Phi) is 15.0. The lowest BCUT2D eigenvalue weighted by molar-refractivity contribution is 0.457. The molecule has 15 heavy (non-hydrogen) atoms. The highest BCUT2D eigenvalue weighted by Crippen LogP contribution is 2.05. The third-order valence-corrected chi connectivity index (χ3v) is 2.53. The summed E-state index contributed by atoms with van der Waals surface area (Å²) < 4.78 is 0. The van der Waals surface area contributed by atoms with Crippen molar-refractivity contribution >= 4 is 0 Å². The second-order valence-corrected chi connectivity index (χ2v) is 4.68. The second kappa shape index (κ2) is 11.4. The van der Waals surface area contributed by atoms with Gasteiger partial charge in [0.05, 0.1) is 0 Å². The molecule has 92 valence electrons. The van der Waals surface area contributed by atoms with Gasteiger partial charge in [-0.1, -0.05) is 61.0 Å². The highest BCUT2D eigenvalue weighted by molar-refractivity contribution is 4.63. The van der Waals surface area contributed by atoms with Crippen LogP contribution in [0.5, 0.6) is 0 Å². The van der Waals surface area contributed by atoms with E-state index in [9.17, 15) is 0 Å². The normalized spacial score (nSPS) is 11.3. The SMILES string of the molecule is C.CC(C)C(C)C.CC(C)[C@H](C)N=[N+]=[N-]. The number of nitrogens with zero attached hydrogens (tertiary/aromatic N) is 3. The minimum atomic E-state index is 0. The summed E-state index contributed by atoms with van der Waals surface area (Å²) in [5.74, 6) is 2.15. The van der Waals surface area contributed by atoms with Gasteiger partial charge in [-0.15, -0.1) is 0 Å². The van der Waals surface area contributed by atoms with Gasteiger partial charge in [0.15, 0.2) is 0 Å². The van der Waals surface area contributed by atoms with Crippen LogP contribution in [0.2, 0.25) is 0 Å². The summed E-state index contributed by atoms with van der Waals surface area (Å²) in [5, 5.41) is 3.50. The van der Waals surface area contributed by atoms with Crippen molar-refractivity contribution in [1.29, 1.82) is 0 Å². The first-order valence-electron chi connectivity index (χ1n) is 5.37. The largest absolute Gasteiger partial charge is 0.0906 e. The van der Waals surface area contributed by atoms with Crippen LogP contribution >= 0.6 is 0 Å². The molecule has 0 aliphatic carbocycles. The maximum absolute atomic E-state index is 7.94. The van der Waals surface area contributed by atoms with Gasteiger partial charge < -0.3 is 0 Å². The van der Waals surface area contributed by atoms with Crippen molar-refractivity contribution in [1.82, 2.24) is 0 Å². The maximum Gasteiger partial charge on any atom is 0.0368 e. The van der Waals surface area contributed by atoms with Crippen LogP contribution < -0.4 is 0 Å². The molecule has 3 heteroatoms. The van der Waals surface area contributed by atoms with E-state index in [0.29, 0.717) is 5.92 Å². The van der Waals surface area contributed by atoms with Crippen LogP contribution in [0.4, 0.5) is 0 Å². The van der Waals surface area contributed by atoms with E-state index in [1.165, 1.54) is 0 Å². The number of hydrogen-bond acceptors (Lipinski definition) is 1. The van der Waals surface area contributed by atoms with Crippen molar-refractivity contribution in [2.75, 3.05) is 0 Å². The van der Waals surface area contributed by atoms with E-state index in [2.05, 4.69) is 37.7 Å². The van der Waals surface area contributed by atoms with E-state index in [1.54, 1.807) is 0 Å². The summed E-state index contributed by atoms with van der Waals surface area (Å²) in [6.07, 6.45) is 0. The fourth-order valence-electron chi connectivity index (χ4n) is 0.215. The topological polar surface area (TPSA) is 48.8 Å². The highest BCUT2D eigenvalue weighted by Gasteiger charge is 2.01. The predicted molar refractivity (Wildman–Crippen MR) is 69.9 cm³/mol. The number of azide groups is 1. The van der Waals surface area contributed by atoms with Crippen LogP contribution in [0, 0.1) is 17.8 Å². The zero-order valence-electron chi connectivity index (χ0n) is 10.7. The van der Waals surface area contributed by atoms with Gasteiger partial charge in [0.1, 0.15) is 0 Å². The van der Waals surface area contributed by atoms with Crippen molar-refractivity contribution in [2.45, 2.75) is 61.9 Å². The summed E-state index contributed by atoms with van der Waals surface area (Å²) in [6, 6.07) is 0.125. The van der Waals surface area contributed by atoms with Gasteiger partial charge in [-0.05, 0) is 23.3 Å². The molecule has 0 unspecified atom stereocenters. The molecule has 1 atom stereocenters. The first-order chi connectivity index (χ1) is 6.32. The van der Waals surface area contributed by atoms with Crippen molar-refractivity contribution in [3.8, 4) is 0 Å². The Balaban J connectivity index is -0.000000187. The smallest absolute Gasteiger partial charge is 0.0368 e. The lowest BCUT2D eigenvalue weighted by Gasteiger charge is -2.05. The molecule has 0 saturated heterocycles. The van der Waals surface area contributed by atoms with E-state index in [-0.39, 0.29) is 13.5 Å². The van der Waals surface area contributed by atoms with Gasteiger partial charge in [0, 0.05) is 11.0 Å². The quantitative estimate of drug-likeness (QED) is 0.349. The van der Waals surface area contributed by atoms with E-state index in [4.69, 9.17) is 5.53 Å². The van der Waals surface area contributed by atoms with Crippen LogP contribution in [0.1, 0.15) is 55.9 Å². The van der Waals surface area contributed by atoms with Gasteiger partial charge in [0.2, 0.25) is 0 Å². The Bertz CT molecular complexity index is 162. The summed E-state index contributed by atoms with van der Waals surface area (Å²) >= 11 is 0. The predicted octanol–water partition coefficient (Wildman–Crippen LogP) is 5.28. The Morgan fingerprint density at radius 2 is 1.13 bits per heavy atom. The van der Waals surface area contributed by atoms with Gasteiger partial charge in [-0.3, -0.25) is 0 Å². The molecule has 0 heterocycles. The summed E-state index contributed by atoms with van der Waals surface area (Å²) in [4.78, 5) is 2.68. The first kappa shape index (κ1) is 19.8. The zero-order chi connectivity index (χ0) is 11.7. The highest BCUT2D eigenvalue weighted by atomic mass is 15.1. The molecule has 0 fully saturated rings. The van der Waals surface area contributed by atoms with Crippen molar-refractivity contribution in [3.05, 3.63) is 10.4 Å². The molecule has 3 nitrogen and oxygen atoms in total. The third kappa shape index (κ3) is 16.0. The van der Waals surface area contributed by atoms with Crippen molar-refractivity contribution < 1.29 is 0 Å². The lowest BCUT2D eigenvalue weighted by atomic mass is 10.0. The molecular formula is C12H29N3. The Hall–Kier alpha value is -0.690. The average Bonchev–Trinajstić information content (AvgIpc) is 2.05. The van der Waals surface area contributed by atoms with E-state index >= 15 is 0 Å². The Morgan fingerprint density at radius 1 is 0.800 bits per heavy atom. The first-order valence-corrected chi connectivity index (χ1v) is 5.37. The molecule has 0 saturated carbocycles. The third-order valence-electron chi connectivity index (χ3n) is 2.53. The Labute approximate surface area is 95.9 Å². The molecule has 0 bridgehead atoms. The molecule has 0 spiro atoms. The molecule has 0 N–H and O–H groups in total. The van der Waals surface area contributed by atoms with Crippen LogP contribution in [-0.4, -0.2) is 6.04 Å². The maximum atomic E-state index is 7.94. The Morgan fingerprint density at radius 3 is 1.20 bits per heavy atom. The van der Waals surface area contributed by atoms with Crippen LogP contribution in [0.15, 0.2) is 5.11 Å². The summed E-state index contributed by atoms with van der Waals surface area (Å²) in [5.41, 5.74) is 7.94. The molecular weight excluding hydrogens is 186 g/mol. The molecule has 0 amide bonds. The van der Waals surface area contributed by atoms with Crippen molar-refractivity contribution in [2.24, 2.45) is 22.9 Å². The molecule has 0 rings (SSSR count). The molecule has 0 aliphatic heterocycles. The van der Waals surface area contributed by atoms with Crippen molar-refractivity contribution in [3.63, 3.8) is 0 Å². The average molecular weight is 215 g/mol. The molecule has 0 aromatic carbocycles. The second-order valence-electron chi connectivity index (χ2n) is 4.68.